The average molecular weight is 319 g/mol. The van der Waals surface area contributed by atoms with E-state index in [1.165, 1.54) is 18.2 Å². The van der Waals surface area contributed by atoms with E-state index in [2.05, 4.69) is 9.71 Å². The third kappa shape index (κ3) is 1.85. The van der Waals surface area contributed by atoms with Crippen molar-refractivity contribution in [3.8, 4) is 11.1 Å². The fourth-order valence-electron chi connectivity index (χ4n) is 2.54. The molecule has 0 bridgehead atoms. The maximum Gasteiger partial charge on any atom is 0.151 e. The number of fused-ring (bicyclic) bond motifs is 5. The van der Waals surface area contributed by atoms with Crippen molar-refractivity contribution in [2.45, 2.75) is 4.90 Å². The molecule has 21 heavy (non-hydrogen) atoms. The highest BCUT2D eigenvalue weighted by molar-refractivity contribution is 7.86. The molecule has 3 aromatic rings. The summed E-state index contributed by atoms with van der Waals surface area (Å²) in [4.78, 5) is 4.85. The third-order valence-electron chi connectivity index (χ3n) is 3.47. The minimum absolute atomic E-state index is 0.379. The minimum Gasteiger partial charge on any atom is -0.298 e. The first-order chi connectivity index (χ1) is 10.1. The number of nitrogens with zero attached hydrogens (tertiary/aromatic N) is 1. The smallest absolute Gasteiger partial charge is 0.151 e. The van der Waals surface area contributed by atoms with Crippen LogP contribution in [0, 0.1) is 5.82 Å². The molecule has 0 saturated heterocycles. The summed E-state index contributed by atoms with van der Waals surface area (Å²) >= 11 is 6.30. The van der Waals surface area contributed by atoms with Gasteiger partial charge in [-0.3, -0.25) is 9.71 Å². The van der Waals surface area contributed by atoms with Crippen LogP contribution in [0.25, 0.3) is 22.0 Å². The second-order valence-electron chi connectivity index (χ2n) is 4.69. The number of halogens is 2. The number of aromatic nitrogens is 1. The van der Waals surface area contributed by atoms with Crippen LogP contribution in [0.5, 0.6) is 0 Å². The van der Waals surface area contributed by atoms with Gasteiger partial charge in [-0.25, -0.2) is 8.60 Å². The van der Waals surface area contributed by atoms with Gasteiger partial charge in [-0.05, 0) is 36.4 Å². The number of hydrogen-bond acceptors (Lipinski definition) is 2. The van der Waals surface area contributed by atoms with Crippen LogP contribution in [0.2, 0.25) is 5.02 Å². The molecule has 2 aromatic carbocycles. The summed E-state index contributed by atoms with van der Waals surface area (Å²) in [5.74, 6) is -0.379. The van der Waals surface area contributed by atoms with Crippen LogP contribution >= 0.6 is 11.6 Å². The summed E-state index contributed by atoms with van der Waals surface area (Å²) in [6, 6.07) is 9.57. The number of rotatable bonds is 0. The van der Waals surface area contributed by atoms with Crippen molar-refractivity contribution in [1.82, 2.24) is 4.98 Å². The van der Waals surface area contributed by atoms with E-state index in [4.69, 9.17) is 11.6 Å². The number of hydrogen-bond donors (Lipinski definition) is 1. The number of benzene rings is 2. The van der Waals surface area contributed by atoms with Gasteiger partial charge in [-0.1, -0.05) is 11.6 Å². The van der Waals surface area contributed by atoms with Gasteiger partial charge in [0.2, 0.25) is 0 Å². The highest BCUT2D eigenvalue weighted by Crippen LogP contribution is 2.43. The Morgan fingerprint density at radius 1 is 1.19 bits per heavy atom. The van der Waals surface area contributed by atoms with Crippen molar-refractivity contribution < 1.29 is 8.60 Å². The van der Waals surface area contributed by atoms with Crippen molar-refractivity contribution >= 4 is 39.2 Å². The average Bonchev–Trinajstić information content (AvgIpc) is 2.49. The first kappa shape index (κ1) is 12.7. The van der Waals surface area contributed by atoms with Crippen molar-refractivity contribution in [2.24, 2.45) is 0 Å². The molecule has 0 spiro atoms. The summed E-state index contributed by atoms with van der Waals surface area (Å²) in [6.45, 7) is 0. The lowest BCUT2D eigenvalue weighted by atomic mass is 10.0. The molecule has 1 aromatic heterocycles. The molecular formula is C15H8ClFN2OS. The van der Waals surface area contributed by atoms with E-state index in [-0.39, 0.29) is 5.82 Å². The van der Waals surface area contributed by atoms with Gasteiger partial charge in [-0.2, -0.15) is 0 Å². The normalized spacial score (nSPS) is 16.2. The molecule has 6 heteroatoms. The molecule has 0 saturated carbocycles. The number of nitrogens with one attached hydrogen (secondary N) is 1. The van der Waals surface area contributed by atoms with Gasteiger partial charge in [0.1, 0.15) is 5.82 Å². The second-order valence-corrected chi connectivity index (χ2v) is 6.28. The lowest BCUT2D eigenvalue weighted by Crippen LogP contribution is -2.13. The zero-order chi connectivity index (χ0) is 14.6. The van der Waals surface area contributed by atoms with Gasteiger partial charge in [0.05, 0.1) is 21.1 Å². The molecule has 1 aliphatic heterocycles. The fraction of sp³-hybridized carbons (Fsp3) is 0. The van der Waals surface area contributed by atoms with Crippen LogP contribution in [0.15, 0.2) is 47.5 Å². The van der Waals surface area contributed by atoms with Crippen LogP contribution in [0.1, 0.15) is 0 Å². The summed E-state index contributed by atoms with van der Waals surface area (Å²) < 4.78 is 28.8. The molecule has 1 unspecified atom stereocenters. The maximum absolute atomic E-state index is 13.6. The van der Waals surface area contributed by atoms with Gasteiger partial charge < -0.3 is 0 Å². The van der Waals surface area contributed by atoms with Crippen LogP contribution in [0.4, 0.5) is 10.1 Å². The molecule has 0 radical (unpaired) electrons. The third-order valence-corrected chi connectivity index (χ3v) is 4.93. The highest BCUT2D eigenvalue weighted by atomic mass is 35.5. The van der Waals surface area contributed by atoms with Crippen LogP contribution < -0.4 is 4.72 Å². The molecule has 4 rings (SSSR count). The highest BCUT2D eigenvalue weighted by Gasteiger charge is 2.25. The Morgan fingerprint density at radius 2 is 2.05 bits per heavy atom. The van der Waals surface area contributed by atoms with Gasteiger partial charge in [0.25, 0.3) is 0 Å². The Labute approximate surface area is 127 Å². The largest absolute Gasteiger partial charge is 0.298 e. The van der Waals surface area contributed by atoms with Crippen molar-refractivity contribution in [2.75, 3.05) is 4.72 Å². The van der Waals surface area contributed by atoms with E-state index in [1.807, 2.05) is 6.07 Å². The van der Waals surface area contributed by atoms with Gasteiger partial charge in [0, 0.05) is 22.7 Å². The van der Waals surface area contributed by atoms with E-state index in [9.17, 15) is 8.60 Å². The Kier molecular flexibility index (Phi) is 2.74. The van der Waals surface area contributed by atoms with E-state index >= 15 is 0 Å². The molecule has 0 aliphatic carbocycles. The first-order valence-corrected chi connectivity index (χ1v) is 7.73. The second kappa shape index (κ2) is 4.51. The summed E-state index contributed by atoms with van der Waals surface area (Å²) in [5, 5.41) is 1.30. The maximum atomic E-state index is 13.6. The zero-order valence-corrected chi connectivity index (χ0v) is 12.1. The van der Waals surface area contributed by atoms with Crippen molar-refractivity contribution in [1.29, 1.82) is 0 Å². The molecule has 0 amide bonds. The molecule has 1 aliphatic rings. The van der Waals surface area contributed by atoms with E-state index in [1.54, 1.807) is 18.3 Å². The van der Waals surface area contributed by atoms with Crippen LogP contribution in [-0.2, 0) is 11.0 Å². The van der Waals surface area contributed by atoms with E-state index < -0.39 is 11.0 Å². The zero-order valence-electron chi connectivity index (χ0n) is 10.6. The Balaban J connectivity index is 2.15. The molecule has 3 nitrogen and oxygen atoms in total. The van der Waals surface area contributed by atoms with Crippen molar-refractivity contribution in [3.63, 3.8) is 0 Å². The van der Waals surface area contributed by atoms with Crippen LogP contribution in [-0.4, -0.2) is 9.19 Å². The molecule has 0 fully saturated rings. The first-order valence-electron chi connectivity index (χ1n) is 6.21. The molecule has 1 N–H and O–H groups in total. The molecule has 104 valence electrons. The number of pyridine rings is 1. The van der Waals surface area contributed by atoms with Gasteiger partial charge in [-0.15, -0.1) is 0 Å². The molecule has 2 heterocycles. The predicted molar refractivity (Wildman–Crippen MR) is 82.2 cm³/mol. The van der Waals surface area contributed by atoms with E-state index in [0.29, 0.717) is 32.2 Å². The standard InChI is InChI=1S/C15H8ClFN2OS/c16-12-7-11-10-6-8(17)3-4-13(10)21(20)19-15(11)14-9(12)2-1-5-18-14/h1-7,19H. The minimum atomic E-state index is -1.45. The molecular weight excluding hydrogens is 311 g/mol. The van der Waals surface area contributed by atoms with Crippen LogP contribution in [0.3, 0.4) is 0 Å². The SMILES string of the molecule is O=S1Nc2c(cc(Cl)c3cccnc23)-c2cc(F)ccc21. The Hall–Kier alpha value is -1.98. The fourth-order valence-corrected chi connectivity index (χ4v) is 3.86. The number of anilines is 1. The van der Waals surface area contributed by atoms with E-state index in [0.717, 1.165) is 5.39 Å². The lowest BCUT2D eigenvalue weighted by molar-refractivity contribution is 0.627. The summed E-state index contributed by atoms with van der Waals surface area (Å²) in [5.41, 5.74) is 2.53. The predicted octanol–water partition coefficient (Wildman–Crippen LogP) is 4.14. The Morgan fingerprint density at radius 3 is 2.90 bits per heavy atom. The Bertz CT molecular complexity index is 929. The summed E-state index contributed by atoms with van der Waals surface area (Å²) in [6.07, 6.45) is 1.64. The van der Waals surface area contributed by atoms with Gasteiger partial charge in [0.15, 0.2) is 11.0 Å². The van der Waals surface area contributed by atoms with Gasteiger partial charge >= 0.3 is 0 Å². The topological polar surface area (TPSA) is 42.0 Å². The lowest BCUT2D eigenvalue weighted by Gasteiger charge is -2.22. The molecule has 1 atom stereocenters. The monoisotopic (exact) mass is 318 g/mol. The summed E-state index contributed by atoms with van der Waals surface area (Å²) in [7, 11) is -1.45. The van der Waals surface area contributed by atoms with Crippen molar-refractivity contribution in [3.05, 3.63) is 53.4 Å². The quantitative estimate of drug-likeness (QED) is 0.677.